The molecule has 1 saturated heterocycles. The lowest BCUT2D eigenvalue weighted by molar-refractivity contribution is -0.126. The van der Waals surface area contributed by atoms with Gasteiger partial charge in [0.2, 0.25) is 15.9 Å². The van der Waals surface area contributed by atoms with Gasteiger partial charge in [-0.05, 0) is 61.6 Å². The third-order valence-corrected chi connectivity index (χ3v) is 9.74. The van der Waals surface area contributed by atoms with E-state index >= 15 is 0 Å². The van der Waals surface area contributed by atoms with Gasteiger partial charge < -0.3 is 10.7 Å². The Balaban J connectivity index is 1.26. The number of amides is 1. The number of primary amides is 1. The van der Waals surface area contributed by atoms with Gasteiger partial charge >= 0.3 is 0 Å². The number of sulfonamides is 1. The highest BCUT2D eigenvalue weighted by molar-refractivity contribution is 7.89. The maximum absolute atomic E-state index is 13.1. The quantitative estimate of drug-likeness (QED) is 0.553. The van der Waals surface area contributed by atoms with Crippen LogP contribution in [-0.4, -0.2) is 59.0 Å². The molecule has 1 amide bonds. The molecule has 3 aromatic heterocycles. The Hall–Kier alpha value is -2.56. The number of carbonyl (C=O) groups excluding carboxylic acids is 1. The molecule has 10 heteroatoms. The molecule has 1 aliphatic heterocycles. The van der Waals surface area contributed by atoms with Crippen LogP contribution in [0.4, 0.5) is 0 Å². The molecule has 3 N–H and O–H groups in total. The third kappa shape index (κ3) is 4.30. The molecule has 1 saturated carbocycles. The van der Waals surface area contributed by atoms with Gasteiger partial charge in [0.15, 0.2) is 0 Å². The zero-order valence-electron chi connectivity index (χ0n) is 19.0. The van der Waals surface area contributed by atoms with Gasteiger partial charge in [0, 0.05) is 48.1 Å². The lowest BCUT2D eigenvalue weighted by atomic mass is 9.78. The van der Waals surface area contributed by atoms with Gasteiger partial charge in [-0.3, -0.25) is 9.78 Å². The first-order valence-corrected chi connectivity index (χ1v) is 13.5. The van der Waals surface area contributed by atoms with Crippen LogP contribution < -0.4 is 5.73 Å². The molecule has 2 atom stereocenters. The van der Waals surface area contributed by atoms with E-state index in [0.29, 0.717) is 12.3 Å². The molecule has 9 nitrogen and oxygen atoms in total. The smallest absolute Gasteiger partial charge is 0.221 e. The van der Waals surface area contributed by atoms with Crippen molar-refractivity contribution in [1.82, 2.24) is 19.3 Å². The fourth-order valence-corrected chi connectivity index (χ4v) is 7.80. The summed E-state index contributed by atoms with van der Waals surface area (Å²) < 4.78 is 27.7. The molecule has 1 aliphatic carbocycles. The summed E-state index contributed by atoms with van der Waals surface area (Å²) in [5, 5.41) is 13.7. The normalized spacial score (nSPS) is 26.7. The second kappa shape index (κ2) is 9.24. The molecule has 1 radical (unpaired) electrons. The molecule has 4 heterocycles. The molecule has 3 aromatic rings. The van der Waals surface area contributed by atoms with Crippen LogP contribution in [0.1, 0.15) is 43.6 Å². The molecule has 2 fully saturated rings. The van der Waals surface area contributed by atoms with Crippen molar-refractivity contribution in [1.29, 1.82) is 0 Å². The van der Waals surface area contributed by atoms with Crippen LogP contribution in [0.5, 0.6) is 0 Å². The van der Waals surface area contributed by atoms with E-state index in [0.717, 1.165) is 47.6 Å². The van der Waals surface area contributed by atoms with Crippen LogP contribution in [0, 0.1) is 17.8 Å². The number of pyridine rings is 2. The number of nitrogens with zero attached hydrogens (tertiary/aromatic N) is 3. The lowest BCUT2D eigenvalue weighted by Crippen LogP contribution is -2.49. The standard InChI is InChI=1S/C24H30N5O4S/c25-23(31)19-7-10-29(12-17(19)13-30)34(32,33)14-15-1-3-16(4-2-15)18-5-8-26-21-11-28-24-20(22(18)21)6-9-27-24/h5-6,8-9,11,15-17,19H,1-4,7,10,12-14H2,(H2,25,31)(H,27,28). The Morgan fingerprint density at radius 1 is 1.15 bits per heavy atom. The van der Waals surface area contributed by atoms with E-state index in [2.05, 4.69) is 21.0 Å². The van der Waals surface area contributed by atoms with Crippen LogP contribution in [0.15, 0.2) is 30.7 Å². The number of fused-ring (bicyclic) bond motifs is 3. The van der Waals surface area contributed by atoms with E-state index in [-0.39, 0.29) is 24.8 Å². The topological polar surface area (TPSA) is 142 Å². The minimum Gasteiger partial charge on any atom is -0.369 e. The van der Waals surface area contributed by atoms with Crippen molar-refractivity contribution < 1.29 is 18.3 Å². The van der Waals surface area contributed by atoms with E-state index in [9.17, 15) is 18.3 Å². The maximum Gasteiger partial charge on any atom is 0.221 e. The summed E-state index contributed by atoms with van der Waals surface area (Å²) in [6, 6.07) is 4.12. The first kappa shape index (κ1) is 23.2. The number of carbonyl (C=O) groups is 1. The predicted octanol–water partition coefficient (Wildman–Crippen LogP) is 2.57. The minimum atomic E-state index is -3.49. The SMILES string of the molecule is NC(=O)C1CCN(S(=O)(=O)CC2CCC(c3ccnc4cnc5[nH]ccc5c34)CC2)CC1C[O]. The van der Waals surface area contributed by atoms with Gasteiger partial charge in [0.25, 0.3) is 0 Å². The zero-order valence-corrected chi connectivity index (χ0v) is 19.8. The molecule has 2 unspecified atom stereocenters. The monoisotopic (exact) mass is 484 g/mol. The highest BCUT2D eigenvalue weighted by Gasteiger charge is 2.38. The lowest BCUT2D eigenvalue weighted by Gasteiger charge is -2.36. The highest BCUT2D eigenvalue weighted by Crippen LogP contribution is 2.40. The van der Waals surface area contributed by atoms with Crippen molar-refractivity contribution in [2.24, 2.45) is 23.5 Å². The average molecular weight is 485 g/mol. The van der Waals surface area contributed by atoms with Crippen LogP contribution >= 0.6 is 0 Å². The van der Waals surface area contributed by atoms with Crippen LogP contribution in [0.2, 0.25) is 0 Å². The number of aromatic nitrogens is 3. The number of H-pyrrole nitrogens is 1. The van der Waals surface area contributed by atoms with Crippen molar-refractivity contribution in [2.45, 2.75) is 38.0 Å². The highest BCUT2D eigenvalue weighted by atomic mass is 32.2. The number of hydrogen-bond donors (Lipinski definition) is 2. The summed E-state index contributed by atoms with van der Waals surface area (Å²) in [6.07, 6.45) is 9.34. The van der Waals surface area contributed by atoms with Gasteiger partial charge in [-0.2, -0.15) is 0 Å². The Kier molecular flexibility index (Phi) is 6.30. The number of hydrogen-bond acceptors (Lipinski definition) is 5. The van der Waals surface area contributed by atoms with Crippen LogP contribution in [-0.2, 0) is 19.9 Å². The number of piperidine rings is 1. The number of rotatable bonds is 6. The number of aromatic amines is 1. The second-order valence-electron chi connectivity index (χ2n) is 9.74. The predicted molar refractivity (Wildman–Crippen MR) is 128 cm³/mol. The zero-order chi connectivity index (χ0) is 23.9. The Morgan fingerprint density at radius 3 is 2.68 bits per heavy atom. The first-order valence-electron chi connectivity index (χ1n) is 11.9. The van der Waals surface area contributed by atoms with Crippen molar-refractivity contribution in [2.75, 3.05) is 25.4 Å². The van der Waals surface area contributed by atoms with Gasteiger partial charge in [-0.25, -0.2) is 22.8 Å². The third-order valence-electron chi connectivity index (χ3n) is 7.73. The summed E-state index contributed by atoms with van der Waals surface area (Å²) in [7, 11) is -3.49. The van der Waals surface area contributed by atoms with Crippen LogP contribution in [0.25, 0.3) is 21.9 Å². The summed E-state index contributed by atoms with van der Waals surface area (Å²) in [6.45, 7) is -0.140. The average Bonchev–Trinajstić information content (AvgIpc) is 3.33. The Bertz CT molecular complexity index is 1300. The number of nitrogens with two attached hydrogens (primary N) is 1. The molecule has 2 aliphatic rings. The largest absolute Gasteiger partial charge is 0.369 e. The molecule has 34 heavy (non-hydrogen) atoms. The molecular weight excluding hydrogens is 454 g/mol. The van der Waals surface area contributed by atoms with E-state index in [1.165, 1.54) is 9.87 Å². The number of nitrogens with one attached hydrogen (secondary N) is 1. The fraction of sp³-hybridized carbons (Fsp3) is 0.542. The van der Waals surface area contributed by atoms with Crippen molar-refractivity contribution in [3.63, 3.8) is 0 Å². The van der Waals surface area contributed by atoms with Gasteiger partial charge in [0.05, 0.1) is 24.1 Å². The van der Waals surface area contributed by atoms with Crippen LogP contribution in [0.3, 0.4) is 0 Å². The molecular formula is C24H30N5O4S. The van der Waals surface area contributed by atoms with Gasteiger partial charge in [-0.1, -0.05) is 0 Å². The molecule has 0 bridgehead atoms. The van der Waals surface area contributed by atoms with E-state index < -0.39 is 34.4 Å². The van der Waals surface area contributed by atoms with E-state index in [1.54, 1.807) is 6.20 Å². The fourth-order valence-electron chi connectivity index (χ4n) is 5.86. The van der Waals surface area contributed by atoms with E-state index in [1.807, 2.05) is 18.5 Å². The molecule has 0 aromatic carbocycles. The molecule has 181 valence electrons. The minimum absolute atomic E-state index is 0.0860. The van der Waals surface area contributed by atoms with E-state index in [4.69, 9.17) is 5.73 Å². The van der Waals surface area contributed by atoms with Crippen molar-refractivity contribution >= 4 is 37.9 Å². The van der Waals surface area contributed by atoms with Crippen molar-refractivity contribution in [3.05, 3.63) is 36.3 Å². The first-order chi connectivity index (χ1) is 16.4. The summed E-state index contributed by atoms with van der Waals surface area (Å²) >= 11 is 0. The molecule has 5 rings (SSSR count). The second-order valence-corrected chi connectivity index (χ2v) is 11.8. The Morgan fingerprint density at radius 2 is 1.94 bits per heavy atom. The molecule has 0 spiro atoms. The summed E-state index contributed by atoms with van der Waals surface area (Å²) in [5.41, 5.74) is 8.38. The van der Waals surface area contributed by atoms with Crippen molar-refractivity contribution in [3.8, 4) is 0 Å². The summed E-state index contributed by atoms with van der Waals surface area (Å²) in [5.74, 6) is -1.06. The summed E-state index contributed by atoms with van der Waals surface area (Å²) in [4.78, 5) is 23.7. The Labute approximate surface area is 198 Å². The van der Waals surface area contributed by atoms with Gasteiger partial charge in [0.1, 0.15) is 5.65 Å². The van der Waals surface area contributed by atoms with Gasteiger partial charge in [-0.15, -0.1) is 0 Å². The maximum atomic E-state index is 13.1.